The molecule has 3 nitrogen and oxygen atoms in total. The van der Waals surface area contributed by atoms with Crippen molar-refractivity contribution in [1.82, 2.24) is 4.90 Å². The average molecular weight is 223 g/mol. The number of hydrogen-bond donors (Lipinski definition) is 1. The highest BCUT2D eigenvalue weighted by molar-refractivity contribution is 5.39. The van der Waals surface area contributed by atoms with E-state index < -0.39 is 0 Å². The Balaban J connectivity index is 2.79. The minimum absolute atomic E-state index is 0.330. The van der Waals surface area contributed by atoms with Crippen LogP contribution in [0, 0.1) is 0 Å². The van der Waals surface area contributed by atoms with Crippen molar-refractivity contribution in [3.05, 3.63) is 23.8 Å². The van der Waals surface area contributed by atoms with Crippen LogP contribution in [-0.2, 0) is 6.54 Å². The van der Waals surface area contributed by atoms with E-state index in [2.05, 4.69) is 25.8 Å². The molecular formula is C13H21NO2. The Morgan fingerprint density at radius 1 is 1.44 bits per heavy atom. The summed E-state index contributed by atoms with van der Waals surface area (Å²) in [5.74, 6) is 1.11. The van der Waals surface area contributed by atoms with Crippen LogP contribution in [0.15, 0.2) is 18.2 Å². The van der Waals surface area contributed by atoms with Crippen LogP contribution >= 0.6 is 0 Å². The number of hydrogen-bond acceptors (Lipinski definition) is 3. The molecule has 1 aromatic carbocycles. The smallest absolute Gasteiger partial charge is 0.120 e. The van der Waals surface area contributed by atoms with Crippen molar-refractivity contribution in [2.24, 2.45) is 0 Å². The minimum Gasteiger partial charge on any atom is -0.508 e. The number of phenols is 1. The van der Waals surface area contributed by atoms with Crippen LogP contribution in [-0.4, -0.2) is 30.2 Å². The van der Waals surface area contributed by atoms with Crippen molar-refractivity contribution in [3.63, 3.8) is 0 Å². The molecule has 1 rings (SSSR count). The molecule has 0 saturated carbocycles. The Bertz CT molecular complexity index is 339. The fourth-order valence-corrected chi connectivity index (χ4v) is 1.55. The van der Waals surface area contributed by atoms with Gasteiger partial charge < -0.3 is 9.84 Å². The van der Waals surface area contributed by atoms with E-state index >= 15 is 0 Å². The topological polar surface area (TPSA) is 32.7 Å². The van der Waals surface area contributed by atoms with Crippen LogP contribution in [0.3, 0.4) is 0 Å². The summed E-state index contributed by atoms with van der Waals surface area (Å²) in [6.45, 7) is 5.07. The second-order valence-corrected chi connectivity index (χ2v) is 4.17. The zero-order valence-corrected chi connectivity index (χ0v) is 10.5. The number of nitrogens with zero attached hydrogens (tertiary/aromatic N) is 1. The van der Waals surface area contributed by atoms with Crippen molar-refractivity contribution in [2.75, 3.05) is 14.2 Å². The van der Waals surface area contributed by atoms with E-state index in [-0.39, 0.29) is 0 Å². The average Bonchev–Trinajstić information content (AvgIpc) is 2.30. The molecule has 90 valence electrons. The Labute approximate surface area is 97.7 Å². The Kier molecular flexibility index (Phi) is 4.62. The van der Waals surface area contributed by atoms with Crippen LogP contribution in [0.5, 0.6) is 11.5 Å². The SMILES string of the molecule is CCC(C)N(C)Cc1cc(OC)ccc1O. The van der Waals surface area contributed by atoms with Gasteiger partial charge in [-0.05, 0) is 38.6 Å². The molecule has 0 saturated heterocycles. The van der Waals surface area contributed by atoms with Gasteiger partial charge in [0, 0.05) is 18.2 Å². The Morgan fingerprint density at radius 3 is 2.69 bits per heavy atom. The highest BCUT2D eigenvalue weighted by Gasteiger charge is 2.10. The van der Waals surface area contributed by atoms with E-state index in [9.17, 15) is 5.11 Å². The zero-order chi connectivity index (χ0) is 12.1. The molecule has 0 aliphatic carbocycles. The van der Waals surface area contributed by atoms with Gasteiger partial charge in [-0.1, -0.05) is 6.92 Å². The molecule has 0 heterocycles. The lowest BCUT2D eigenvalue weighted by Gasteiger charge is -2.24. The predicted molar refractivity (Wildman–Crippen MR) is 65.9 cm³/mol. The van der Waals surface area contributed by atoms with E-state index in [4.69, 9.17) is 4.74 Å². The van der Waals surface area contributed by atoms with Crippen molar-refractivity contribution in [1.29, 1.82) is 0 Å². The molecular weight excluding hydrogens is 202 g/mol. The Hall–Kier alpha value is -1.22. The van der Waals surface area contributed by atoms with Crippen molar-refractivity contribution >= 4 is 0 Å². The molecule has 0 amide bonds. The van der Waals surface area contributed by atoms with Crippen LogP contribution in [0.4, 0.5) is 0 Å². The summed E-state index contributed by atoms with van der Waals surface area (Å²) >= 11 is 0. The first-order valence-corrected chi connectivity index (χ1v) is 5.64. The van der Waals surface area contributed by atoms with Crippen LogP contribution in [0.25, 0.3) is 0 Å². The quantitative estimate of drug-likeness (QED) is 0.833. The highest BCUT2D eigenvalue weighted by Crippen LogP contribution is 2.24. The number of ether oxygens (including phenoxy) is 1. The number of rotatable bonds is 5. The predicted octanol–water partition coefficient (Wildman–Crippen LogP) is 2.63. The van der Waals surface area contributed by atoms with Gasteiger partial charge in [0.1, 0.15) is 11.5 Å². The Morgan fingerprint density at radius 2 is 2.12 bits per heavy atom. The van der Waals surface area contributed by atoms with Gasteiger partial charge in [-0.3, -0.25) is 4.90 Å². The largest absolute Gasteiger partial charge is 0.508 e. The van der Waals surface area contributed by atoms with Crippen LogP contribution in [0.1, 0.15) is 25.8 Å². The standard InChI is InChI=1S/C13H21NO2/c1-5-10(2)14(3)9-11-8-12(16-4)6-7-13(11)15/h6-8,10,15H,5,9H2,1-4H3. The molecule has 0 aromatic heterocycles. The molecule has 1 unspecified atom stereocenters. The normalized spacial score (nSPS) is 12.8. The third kappa shape index (κ3) is 3.14. The fourth-order valence-electron chi connectivity index (χ4n) is 1.55. The first-order valence-electron chi connectivity index (χ1n) is 5.64. The van der Waals surface area contributed by atoms with Crippen molar-refractivity contribution in [2.45, 2.75) is 32.9 Å². The summed E-state index contributed by atoms with van der Waals surface area (Å²) in [5, 5.41) is 9.75. The molecule has 1 N–H and O–H groups in total. The van der Waals surface area contributed by atoms with Gasteiger partial charge >= 0.3 is 0 Å². The minimum atomic E-state index is 0.330. The zero-order valence-electron chi connectivity index (χ0n) is 10.5. The molecule has 1 atom stereocenters. The molecule has 16 heavy (non-hydrogen) atoms. The molecule has 1 aromatic rings. The van der Waals surface area contributed by atoms with E-state index in [1.54, 1.807) is 19.2 Å². The second kappa shape index (κ2) is 5.75. The highest BCUT2D eigenvalue weighted by atomic mass is 16.5. The maximum atomic E-state index is 9.75. The monoisotopic (exact) mass is 223 g/mol. The molecule has 0 fully saturated rings. The van der Waals surface area contributed by atoms with Gasteiger partial charge in [-0.2, -0.15) is 0 Å². The lowest BCUT2D eigenvalue weighted by molar-refractivity contribution is 0.240. The van der Waals surface area contributed by atoms with Gasteiger partial charge in [0.2, 0.25) is 0 Å². The first-order chi connectivity index (χ1) is 7.58. The summed E-state index contributed by atoms with van der Waals surface area (Å²) in [5.41, 5.74) is 0.905. The summed E-state index contributed by atoms with van der Waals surface area (Å²) < 4.78 is 5.15. The summed E-state index contributed by atoms with van der Waals surface area (Å²) in [6, 6.07) is 5.83. The molecule has 0 aliphatic rings. The fraction of sp³-hybridized carbons (Fsp3) is 0.538. The third-order valence-corrected chi connectivity index (χ3v) is 3.05. The van der Waals surface area contributed by atoms with Gasteiger partial charge in [-0.15, -0.1) is 0 Å². The third-order valence-electron chi connectivity index (χ3n) is 3.05. The van der Waals surface area contributed by atoms with E-state index in [1.165, 1.54) is 0 Å². The van der Waals surface area contributed by atoms with E-state index in [0.717, 1.165) is 24.3 Å². The molecule has 0 aliphatic heterocycles. The van der Waals surface area contributed by atoms with Gasteiger partial charge in [0.25, 0.3) is 0 Å². The maximum absolute atomic E-state index is 9.75. The van der Waals surface area contributed by atoms with Crippen LogP contribution < -0.4 is 4.74 Å². The molecule has 0 radical (unpaired) electrons. The second-order valence-electron chi connectivity index (χ2n) is 4.17. The lowest BCUT2D eigenvalue weighted by atomic mass is 10.1. The summed E-state index contributed by atoms with van der Waals surface area (Å²) in [6.07, 6.45) is 1.10. The number of methoxy groups -OCH3 is 1. The van der Waals surface area contributed by atoms with E-state index in [1.807, 2.05) is 6.07 Å². The van der Waals surface area contributed by atoms with Crippen LogP contribution in [0.2, 0.25) is 0 Å². The van der Waals surface area contributed by atoms with E-state index in [0.29, 0.717) is 11.8 Å². The van der Waals surface area contributed by atoms with Crippen molar-refractivity contribution < 1.29 is 9.84 Å². The number of phenolic OH excluding ortho intramolecular Hbond substituents is 1. The molecule has 3 heteroatoms. The number of aromatic hydroxyl groups is 1. The van der Waals surface area contributed by atoms with Gasteiger partial charge in [-0.25, -0.2) is 0 Å². The summed E-state index contributed by atoms with van der Waals surface area (Å²) in [4.78, 5) is 2.22. The lowest BCUT2D eigenvalue weighted by Crippen LogP contribution is -2.27. The maximum Gasteiger partial charge on any atom is 0.120 e. The molecule has 0 bridgehead atoms. The first kappa shape index (κ1) is 12.8. The van der Waals surface area contributed by atoms with Gasteiger partial charge in [0.15, 0.2) is 0 Å². The number of benzene rings is 1. The molecule has 0 spiro atoms. The van der Waals surface area contributed by atoms with Gasteiger partial charge in [0.05, 0.1) is 7.11 Å². The summed E-state index contributed by atoms with van der Waals surface area (Å²) in [7, 11) is 3.70. The van der Waals surface area contributed by atoms with Crippen molar-refractivity contribution in [3.8, 4) is 11.5 Å².